The zero-order valence-corrected chi connectivity index (χ0v) is 20.2. The fourth-order valence-electron chi connectivity index (χ4n) is 2.03. The number of sulfonamides is 1. The van der Waals surface area contributed by atoms with Crippen molar-refractivity contribution in [1.29, 1.82) is 0 Å². The zero-order valence-electron chi connectivity index (χ0n) is 16.9. The Bertz CT molecular complexity index is 1000. The molecular weight excluding hydrogens is 448 g/mol. The third kappa shape index (κ3) is 6.54. The van der Waals surface area contributed by atoms with Gasteiger partial charge < -0.3 is 5.32 Å². The molecule has 29 heavy (non-hydrogen) atoms. The predicted molar refractivity (Wildman–Crippen MR) is 121 cm³/mol. The highest BCUT2D eigenvalue weighted by atomic mass is 32.2. The van der Waals surface area contributed by atoms with Gasteiger partial charge in [0.2, 0.25) is 15.9 Å². The van der Waals surface area contributed by atoms with Gasteiger partial charge in [-0.3, -0.25) is 4.79 Å². The normalized spacial score (nSPS) is 12.8. The molecule has 0 fully saturated rings. The summed E-state index contributed by atoms with van der Waals surface area (Å²) in [5.74, 6) is 0.546. The Balaban J connectivity index is 2.07. The first-order valence-electron chi connectivity index (χ1n) is 8.62. The number of amides is 1. The summed E-state index contributed by atoms with van der Waals surface area (Å²) < 4.78 is 27.4. The highest BCUT2D eigenvalue weighted by Crippen LogP contribution is 2.32. The van der Waals surface area contributed by atoms with E-state index in [0.717, 1.165) is 25.5 Å². The van der Waals surface area contributed by atoms with Crippen molar-refractivity contribution in [2.24, 2.45) is 0 Å². The summed E-state index contributed by atoms with van der Waals surface area (Å²) in [6, 6.07) is 4.70. The summed E-state index contributed by atoms with van der Waals surface area (Å²) >= 11 is 4.32. The second-order valence-corrected chi connectivity index (χ2v) is 12.5. The molecule has 0 saturated heterocycles. The highest BCUT2D eigenvalue weighted by molar-refractivity contribution is 8.04. The molecule has 7 nitrogen and oxygen atoms in total. The van der Waals surface area contributed by atoms with Gasteiger partial charge in [-0.05, 0) is 38.5 Å². The van der Waals surface area contributed by atoms with E-state index in [4.69, 9.17) is 0 Å². The molecule has 0 aliphatic rings. The molecule has 1 amide bonds. The van der Waals surface area contributed by atoms with E-state index in [1.165, 1.54) is 49.3 Å². The summed E-state index contributed by atoms with van der Waals surface area (Å²) in [5.41, 5.74) is 2.31. The molecule has 0 aliphatic heterocycles. The van der Waals surface area contributed by atoms with Gasteiger partial charge >= 0.3 is 0 Å². The van der Waals surface area contributed by atoms with Gasteiger partial charge in [-0.15, -0.1) is 10.2 Å². The number of rotatable bonds is 9. The number of aryl methyl sites for hydroxylation is 1. The number of hydrogen-bond donors (Lipinski definition) is 1. The van der Waals surface area contributed by atoms with E-state index in [1.807, 2.05) is 13.8 Å². The fourth-order valence-corrected chi connectivity index (χ4v) is 5.97. The van der Waals surface area contributed by atoms with E-state index in [2.05, 4.69) is 22.1 Å². The topological polar surface area (TPSA) is 92.3 Å². The van der Waals surface area contributed by atoms with Crippen molar-refractivity contribution in [3.63, 3.8) is 0 Å². The summed E-state index contributed by atoms with van der Waals surface area (Å²) in [6.45, 7) is 9.41. The highest BCUT2D eigenvalue weighted by Gasteiger charge is 2.21. The molecule has 158 valence electrons. The molecule has 0 unspecified atom stereocenters. The Morgan fingerprint density at radius 1 is 1.31 bits per heavy atom. The molecule has 0 radical (unpaired) electrons. The second kappa shape index (κ2) is 10.1. The first kappa shape index (κ1) is 23.9. The quantitative estimate of drug-likeness (QED) is 0.437. The lowest BCUT2D eigenvalue weighted by Crippen LogP contribution is -2.24. The van der Waals surface area contributed by atoms with Crippen LogP contribution in [0, 0.1) is 6.92 Å². The monoisotopic (exact) mass is 472 g/mol. The van der Waals surface area contributed by atoms with E-state index >= 15 is 0 Å². The third-order valence-electron chi connectivity index (χ3n) is 3.72. The molecule has 1 N–H and O–H groups in total. The summed E-state index contributed by atoms with van der Waals surface area (Å²) in [6.07, 6.45) is 0. The van der Waals surface area contributed by atoms with Crippen LogP contribution < -0.4 is 5.32 Å². The zero-order chi connectivity index (χ0) is 21.8. The average molecular weight is 473 g/mol. The lowest BCUT2D eigenvalue weighted by atomic mass is 10.2. The van der Waals surface area contributed by atoms with E-state index in [0.29, 0.717) is 10.0 Å². The summed E-state index contributed by atoms with van der Waals surface area (Å²) in [5, 5.41) is 10.6. The van der Waals surface area contributed by atoms with E-state index < -0.39 is 15.3 Å². The van der Waals surface area contributed by atoms with Gasteiger partial charge in [0.05, 0.1) is 10.1 Å². The van der Waals surface area contributed by atoms with Crippen molar-refractivity contribution in [2.75, 3.05) is 25.2 Å². The third-order valence-corrected chi connectivity index (χ3v) is 9.00. The molecule has 0 bridgehead atoms. The van der Waals surface area contributed by atoms with Crippen molar-refractivity contribution < 1.29 is 13.2 Å². The number of thioether (sulfide) groups is 2. The van der Waals surface area contributed by atoms with Crippen LogP contribution in [0.15, 0.2) is 43.9 Å². The number of hydrogen-bond acceptors (Lipinski definition) is 8. The minimum Gasteiger partial charge on any atom is -0.325 e. The molecule has 1 heterocycles. The molecule has 1 aromatic heterocycles. The molecule has 1 atom stereocenters. The molecule has 0 aliphatic carbocycles. The first-order chi connectivity index (χ1) is 13.5. The molecule has 11 heteroatoms. The van der Waals surface area contributed by atoms with Crippen LogP contribution in [-0.4, -0.2) is 53.9 Å². The van der Waals surface area contributed by atoms with E-state index in [1.54, 1.807) is 24.8 Å². The summed E-state index contributed by atoms with van der Waals surface area (Å²) in [7, 11) is -0.639. The maximum absolute atomic E-state index is 12.6. The average Bonchev–Trinajstić information content (AvgIpc) is 3.08. The van der Waals surface area contributed by atoms with Crippen LogP contribution in [0.2, 0.25) is 0 Å². The number of carbonyl (C=O) groups is 1. The van der Waals surface area contributed by atoms with Crippen molar-refractivity contribution in [1.82, 2.24) is 14.5 Å². The van der Waals surface area contributed by atoms with Crippen LogP contribution in [0.4, 0.5) is 5.69 Å². The lowest BCUT2D eigenvalue weighted by Gasteiger charge is -2.15. The molecule has 2 rings (SSSR count). The van der Waals surface area contributed by atoms with Crippen LogP contribution in [0.5, 0.6) is 0 Å². The van der Waals surface area contributed by atoms with Gasteiger partial charge in [0.15, 0.2) is 8.68 Å². The van der Waals surface area contributed by atoms with Gasteiger partial charge in [0, 0.05) is 25.5 Å². The Morgan fingerprint density at radius 2 is 1.97 bits per heavy atom. The molecule has 0 saturated carbocycles. The minimum absolute atomic E-state index is 0.131. The number of benzene rings is 1. The minimum atomic E-state index is -3.58. The van der Waals surface area contributed by atoms with Crippen LogP contribution in [0.25, 0.3) is 0 Å². The van der Waals surface area contributed by atoms with Crippen molar-refractivity contribution in [3.8, 4) is 0 Å². The first-order valence-corrected chi connectivity index (χ1v) is 12.7. The smallest absolute Gasteiger partial charge is 0.242 e. The largest absolute Gasteiger partial charge is 0.325 e. The number of aromatic nitrogens is 2. The fraction of sp³-hybridized carbons (Fsp3) is 0.389. The predicted octanol–water partition coefficient (Wildman–Crippen LogP) is 3.88. The molecule has 2 aromatic rings. The maximum atomic E-state index is 12.6. The Hall–Kier alpha value is -1.40. The van der Waals surface area contributed by atoms with E-state index in [-0.39, 0.29) is 10.8 Å². The Morgan fingerprint density at radius 3 is 2.59 bits per heavy atom. The van der Waals surface area contributed by atoms with Gasteiger partial charge in [-0.1, -0.05) is 53.1 Å². The molecule has 1 aromatic carbocycles. The van der Waals surface area contributed by atoms with Gasteiger partial charge in [-0.25, -0.2) is 12.7 Å². The van der Waals surface area contributed by atoms with Crippen LogP contribution in [-0.2, 0) is 14.8 Å². The Kier molecular flexibility index (Phi) is 8.29. The Labute approximate surface area is 184 Å². The van der Waals surface area contributed by atoms with E-state index in [9.17, 15) is 13.2 Å². The SMILES string of the molecule is C=C(C)CSc1nnc(S[C@H](C)C(=O)Nc2cc(S(=O)(=O)N(C)C)ccc2C)s1. The van der Waals surface area contributed by atoms with Gasteiger partial charge in [-0.2, -0.15) is 0 Å². The lowest BCUT2D eigenvalue weighted by molar-refractivity contribution is -0.115. The van der Waals surface area contributed by atoms with Crippen molar-refractivity contribution in [2.45, 2.75) is 39.6 Å². The van der Waals surface area contributed by atoms with Crippen LogP contribution >= 0.6 is 34.9 Å². The number of anilines is 1. The van der Waals surface area contributed by atoms with Crippen molar-refractivity contribution in [3.05, 3.63) is 35.9 Å². The van der Waals surface area contributed by atoms with Crippen LogP contribution in [0.1, 0.15) is 19.4 Å². The number of nitrogens with zero attached hydrogens (tertiary/aromatic N) is 3. The second-order valence-electron chi connectivity index (χ2n) is 6.59. The molecule has 0 spiro atoms. The van der Waals surface area contributed by atoms with Gasteiger partial charge in [0.1, 0.15) is 0 Å². The molecular formula is C18H24N4O3S4. The maximum Gasteiger partial charge on any atom is 0.242 e. The van der Waals surface area contributed by atoms with Crippen molar-refractivity contribution >= 4 is 56.5 Å². The standard InChI is InChI=1S/C18H24N4O3S4/c1-11(2)10-26-17-20-21-18(28-17)27-13(4)16(23)19-15-9-14(8-7-12(15)3)29(24,25)22(5)6/h7-9,13H,1,10H2,2-6H3,(H,19,23)/t13-/m1/s1. The number of carbonyl (C=O) groups excluding carboxylic acids is 1. The van der Waals surface area contributed by atoms with Crippen LogP contribution in [0.3, 0.4) is 0 Å². The van der Waals surface area contributed by atoms with Gasteiger partial charge in [0.25, 0.3) is 0 Å². The summed E-state index contributed by atoms with van der Waals surface area (Å²) in [4.78, 5) is 12.8. The number of nitrogens with one attached hydrogen (secondary N) is 1.